The maximum Gasteiger partial charge on any atom is 0.0149 e. The zero-order valence-corrected chi connectivity index (χ0v) is 33.7. The first-order chi connectivity index (χ1) is 26.1. The number of fused-ring (bicyclic) bond motifs is 3. The van der Waals surface area contributed by atoms with Gasteiger partial charge >= 0.3 is 0 Å². The molecule has 6 aliphatic rings. The normalized spacial score (nSPS) is 32.3. The maximum absolute atomic E-state index is 2.74. The predicted molar refractivity (Wildman–Crippen MR) is 224 cm³/mol. The summed E-state index contributed by atoms with van der Waals surface area (Å²) < 4.78 is 0. The average Bonchev–Trinajstić information content (AvgIpc) is 3.99. The minimum absolute atomic E-state index is 0.00710. The second-order valence-corrected chi connectivity index (χ2v) is 19.7. The molecule has 0 nitrogen and oxygen atoms in total. The van der Waals surface area contributed by atoms with E-state index in [-0.39, 0.29) is 16.2 Å². The molecule has 6 saturated carbocycles. The zero-order valence-electron chi connectivity index (χ0n) is 33.7. The molecule has 54 heavy (non-hydrogen) atoms. The van der Waals surface area contributed by atoms with Crippen molar-refractivity contribution in [2.24, 2.45) is 51.8 Å². The summed E-state index contributed by atoms with van der Waals surface area (Å²) in [5.74, 6) is 14.1. The molecule has 10 rings (SSSR count). The van der Waals surface area contributed by atoms with E-state index in [4.69, 9.17) is 0 Å². The van der Waals surface area contributed by atoms with Gasteiger partial charge in [0.05, 0.1) is 0 Å². The van der Waals surface area contributed by atoms with Gasteiger partial charge in [-0.25, -0.2) is 0 Å². The Hall–Kier alpha value is -3.12. The molecule has 276 valence electrons. The van der Waals surface area contributed by atoms with Crippen molar-refractivity contribution < 1.29 is 0 Å². The van der Waals surface area contributed by atoms with Gasteiger partial charge in [-0.05, 0) is 124 Å². The summed E-state index contributed by atoms with van der Waals surface area (Å²) in [6.45, 7) is 15.5. The molecule has 6 atom stereocenters. The van der Waals surface area contributed by atoms with E-state index in [9.17, 15) is 0 Å². The fourth-order valence-electron chi connectivity index (χ4n) is 14.6. The van der Waals surface area contributed by atoms with Gasteiger partial charge in [0.25, 0.3) is 0 Å². The minimum Gasteiger partial charge on any atom is -0.0622 e. The van der Waals surface area contributed by atoms with Crippen molar-refractivity contribution in [1.29, 1.82) is 0 Å². The molecule has 0 aliphatic heterocycles. The van der Waals surface area contributed by atoms with Crippen LogP contribution in [0.15, 0.2) is 109 Å². The van der Waals surface area contributed by atoms with Crippen LogP contribution in [-0.4, -0.2) is 0 Å². The third kappa shape index (κ3) is 5.19. The van der Waals surface area contributed by atoms with Crippen LogP contribution in [-0.2, 0) is 0 Å². The van der Waals surface area contributed by atoms with E-state index in [0.29, 0.717) is 35.5 Å². The third-order valence-electron chi connectivity index (χ3n) is 15.9. The van der Waals surface area contributed by atoms with Crippen molar-refractivity contribution in [3.05, 3.63) is 178 Å². The fourth-order valence-corrected chi connectivity index (χ4v) is 14.6. The highest BCUT2D eigenvalue weighted by Gasteiger charge is 2.62. The lowest BCUT2D eigenvalue weighted by molar-refractivity contribution is 0.428. The molecule has 4 aromatic carbocycles. The topological polar surface area (TPSA) is 0 Å². The van der Waals surface area contributed by atoms with Gasteiger partial charge in [-0.2, -0.15) is 0 Å². The Morgan fingerprint density at radius 3 is 0.722 bits per heavy atom. The van der Waals surface area contributed by atoms with Crippen molar-refractivity contribution in [1.82, 2.24) is 0 Å². The molecule has 0 saturated heterocycles. The Bertz CT molecular complexity index is 1710. The number of hydrogen-bond donors (Lipinski definition) is 0. The Morgan fingerprint density at radius 2 is 0.500 bits per heavy atom. The third-order valence-corrected chi connectivity index (χ3v) is 15.9. The molecule has 6 fully saturated rings. The molecule has 4 aromatic rings. The average molecular weight is 709 g/mol. The van der Waals surface area contributed by atoms with Crippen LogP contribution in [0.5, 0.6) is 0 Å². The summed E-state index contributed by atoms with van der Waals surface area (Å²) in [4.78, 5) is 0. The van der Waals surface area contributed by atoms with E-state index in [0.717, 1.165) is 0 Å². The van der Waals surface area contributed by atoms with Gasteiger partial charge < -0.3 is 0 Å². The van der Waals surface area contributed by atoms with Gasteiger partial charge in [0.2, 0.25) is 0 Å². The first kappa shape index (κ1) is 35.3. The van der Waals surface area contributed by atoms with Crippen LogP contribution in [0, 0.1) is 87.3 Å². The number of rotatable bonds is 6. The smallest absolute Gasteiger partial charge is 0.0149 e. The highest BCUT2D eigenvalue weighted by atomic mass is 14.6. The van der Waals surface area contributed by atoms with Crippen LogP contribution in [0.4, 0.5) is 0 Å². The second-order valence-electron chi connectivity index (χ2n) is 19.7. The largest absolute Gasteiger partial charge is 0.0622 e. The van der Waals surface area contributed by atoms with Crippen LogP contribution in [0.1, 0.15) is 133 Å². The molecule has 6 radical (unpaired) electrons. The molecule has 0 heteroatoms. The molecule has 0 N–H and O–H groups in total. The Balaban J connectivity index is 1.16. The summed E-state index contributed by atoms with van der Waals surface area (Å²) in [5, 5.41) is 0. The van der Waals surface area contributed by atoms with Crippen molar-refractivity contribution in [3.63, 3.8) is 0 Å². The van der Waals surface area contributed by atoms with Crippen LogP contribution in [0.2, 0.25) is 0 Å². The van der Waals surface area contributed by atoms with Crippen LogP contribution in [0.3, 0.4) is 0 Å². The SMILES string of the molecule is CC1(C)[C](c2ccccc2)C2CCCC2[C]1c1cc([C]2C3CCCC3[C](c3ccccc3)C2(C)C)cc([C]2C3CCCC3[C](c3ccccc3)C2(C)C)c1. The van der Waals surface area contributed by atoms with E-state index in [1.54, 1.807) is 52.2 Å². The van der Waals surface area contributed by atoms with Gasteiger partial charge in [-0.1, -0.05) is 170 Å². The lowest BCUT2D eigenvalue weighted by Gasteiger charge is -2.39. The van der Waals surface area contributed by atoms with Crippen LogP contribution < -0.4 is 0 Å². The molecule has 6 aliphatic carbocycles. The summed E-state index contributed by atoms with van der Waals surface area (Å²) in [5.41, 5.74) is 9.07. The zero-order chi connectivity index (χ0) is 37.0. The molecule has 0 bridgehead atoms. The van der Waals surface area contributed by atoms with E-state index < -0.39 is 0 Å². The van der Waals surface area contributed by atoms with E-state index in [1.165, 1.54) is 74.5 Å². The highest BCUT2D eigenvalue weighted by molar-refractivity contribution is 5.62. The summed E-state index contributed by atoms with van der Waals surface area (Å²) in [6, 6.07) is 42.7. The summed E-state index contributed by atoms with van der Waals surface area (Å²) in [6.07, 6.45) is 11.9. The molecule has 0 aromatic heterocycles. The minimum atomic E-state index is 0.00710. The second kappa shape index (κ2) is 13.0. The van der Waals surface area contributed by atoms with Gasteiger partial charge in [0, 0.05) is 35.5 Å². The molecular weight excluding hydrogens is 649 g/mol. The molecular formula is C54H60. The standard InChI is InChI=1S/C54H60/c1-52(2)46(34-19-10-7-11-20-34)40-25-16-28-43(40)49(52)37-31-38(50-44-29-17-26-41(44)47(53(50,3)4)35-21-12-8-13-22-35)33-39(32-37)51-45-30-18-27-42(45)48(54(51,5)6)36-23-14-9-15-24-36/h7-15,19-24,31-33,40-45H,16-18,25-30H2,1-6H3. The lowest BCUT2D eigenvalue weighted by atomic mass is 9.64. The van der Waals surface area contributed by atoms with E-state index in [1.807, 2.05) is 0 Å². The van der Waals surface area contributed by atoms with Crippen LogP contribution in [0.25, 0.3) is 0 Å². The number of benzene rings is 4. The highest BCUT2D eigenvalue weighted by Crippen LogP contribution is 2.70. The maximum atomic E-state index is 2.74. The summed E-state index contributed by atoms with van der Waals surface area (Å²) >= 11 is 0. The molecule has 0 heterocycles. The van der Waals surface area contributed by atoms with Crippen molar-refractivity contribution in [2.75, 3.05) is 0 Å². The molecule has 0 amide bonds. The Labute approximate surface area is 328 Å². The van der Waals surface area contributed by atoms with Crippen molar-refractivity contribution >= 4 is 0 Å². The lowest BCUT2D eigenvalue weighted by Crippen LogP contribution is -2.30. The number of hydrogen-bond acceptors (Lipinski definition) is 0. The summed E-state index contributed by atoms with van der Waals surface area (Å²) in [7, 11) is 0. The quantitative estimate of drug-likeness (QED) is 0.187. The Kier molecular flexibility index (Phi) is 8.48. The molecule has 6 unspecified atom stereocenters. The monoisotopic (exact) mass is 708 g/mol. The van der Waals surface area contributed by atoms with Gasteiger partial charge in [-0.3, -0.25) is 0 Å². The van der Waals surface area contributed by atoms with Crippen molar-refractivity contribution in [2.45, 2.75) is 99.3 Å². The molecule has 0 spiro atoms. The first-order valence-electron chi connectivity index (χ1n) is 21.6. The first-order valence-corrected chi connectivity index (χ1v) is 21.6. The van der Waals surface area contributed by atoms with Gasteiger partial charge in [0.1, 0.15) is 0 Å². The Morgan fingerprint density at radius 1 is 0.296 bits per heavy atom. The fraction of sp³-hybridized carbons (Fsp3) is 0.444. The van der Waals surface area contributed by atoms with Gasteiger partial charge in [0.15, 0.2) is 0 Å². The van der Waals surface area contributed by atoms with Gasteiger partial charge in [-0.15, -0.1) is 0 Å². The predicted octanol–water partition coefficient (Wildman–Crippen LogP) is 13.7. The van der Waals surface area contributed by atoms with E-state index >= 15 is 0 Å². The van der Waals surface area contributed by atoms with E-state index in [2.05, 4.69) is 151 Å². The van der Waals surface area contributed by atoms with Crippen LogP contribution >= 0.6 is 0 Å². The van der Waals surface area contributed by atoms with Crippen molar-refractivity contribution in [3.8, 4) is 0 Å².